The van der Waals surface area contributed by atoms with Crippen LogP contribution in [0.4, 0.5) is 8.78 Å². The number of benzene rings is 1. The highest BCUT2D eigenvalue weighted by molar-refractivity contribution is 5.81. The second kappa shape index (κ2) is 9.47. The molecule has 1 aliphatic rings. The van der Waals surface area contributed by atoms with E-state index in [4.69, 9.17) is 10.5 Å². The molecule has 2 amide bonds. The maximum atomic E-state index is 13.3. The lowest BCUT2D eigenvalue weighted by Gasteiger charge is -2.37. The van der Waals surface area contributed by atoms with Gasteiger partial charge in [-0.1, -0.05) is 0 Å². The average Bonchev–Trinajstić information content (AvgIpc) is 2.63. The van der Waals surface area contributed by atoms with E-state index < -0.39 is 17.7 Å². The molecular weight excluding hydrogens is 344 g/mol. The van der Waals surface area contributed by atoms with Crippen molar-refractivity contribution in [1.29, 1.82) is 0 Å². The lowest BCUT2D eigenvalue weighted by molar-refractivity contribution is -0.142. The van der Waals surface area contributed by atoms with Crippen molar-refractivity contribution in [3.8, 4) is 5.75 Å². The fourth-order valence-electron chi connectivity index (χ4n) is 2.99. The van der Waals surface area contributed by atoms with Crippen LogP contribution in [0.3, 0.4) is 0 Å². The van der Waals surface area contributed by atoms with Gasteiger partial charge in [-0.05, 0) is 38.3 Å². The number of hydrogen-bond acceptors (Lipinski definition) is 4. The Kier molecular flexibility index (Phi) is 7.32. The molecule has 0 spiro atoms. The number of carbonyl (C=O) groups is 2. The SMILES string of the molecule is CC(Oc1ccc(F)c(F)c1)C(=O)N1CCCCC1CNC(=O)CCN. The molecule has 0 aliphatic carbocycles. The third kappa shape index (κ3) is 5.39. The Hall–Kier alpha value is -2.22. The van der Waals surface area contributed by atoms with Crippen LogP contribution < -0.4 is 15.8 Å². The second-order valence-corrected chi connectivity index (χ2v) is 6.36. The molecule has 1 aromatic rings. The van der Waals surface area contributed by atoms with Gasteiger partial charge < -0.3 is 20.7 Å². The Morgan fingerprint density at radius 2 is 2.12 bits per heavy atom. The Balaban J connectivity index is 1.97. The minimum Gasteiger partial charge on any atom is -0.481 e. The summed E-state index contributed by atoms with van der Waals surface area (Å²) in [6.45, 7) is 2.78. The minimum absolute atomic E-state index is 0.0922. The zero-order valence-electron chi connectivity index (χ0n) is 14.8. The molecule has 1 aliphatic heterocycles. The fourth-order valence-corrected chi connectivity index (χ4v) is 2.99. The zero-order valence-corrected chi connectivity index (χ0v) is 14.8. The average molecular weight is 369 g/mol. The molecule has 0 radical (unpaired) electrons. The molecule has 3 N–H and O–H groups in total. The van der Waals surface area contributed by atoms with Crippen molar-refractivity contribution in [3.63, 3.8) is 0 Å². The van der Waals surface area contributed by atoms with Crippen LogP contribution in [0.15, 0.2) is 18.2 Å². The lowest BCUT2D eigenvalue weighted by Crippen LogP contribution is -2.52. The van der Waals surface area contributed by atoms with Gasteiger partial charge in [0.15, 0.2) is 17.7 Å². The molecule has 1 aromatic carbocycles. The highest BCUT2D eigenvalue weighted by Gasteiger charge is 2.30. The van der Waals surface area contributed by atoms with E-state index >= 15 is 0 Å². The van der Waals surface area contributed by atoms with Crippen LogP contribution in [-0.4, -0.2) is 48.5 Å². The van der Waals surface area contributed by atoms with E-state index in [-0.39, 0.29) is 36.6 Å². The van der Waals surface area contributed by atoms with Crippen LogP contribution in [0.1, 0.15) is 32.6 Å². The van der Waals surface area contributed by atoms with Gasteiger partial charge >= 0.3 is 0 Å². The first-order valence-electron chi connectivity index (χ1n) is 8.81. The van der Waals surface area contributed by atoms with Crippen LogP contribution in [0.5, 0.6) is 5.75 Å². The summed E-state index contributed by atoms with van der Waals surface area (Å²) >= 11 is 0. The quantitative estimate of drug-likeness (QED) is 0.764. The van der Waals surface area contributed by atoms with Crippen molar-refractivity contribution in [2.75, 3.05) is 19.6 Å². The molecule has 1 fully saturated rings. The van der Waals surface area contributed by atoms with E-state index in [1.54, 1.807) is 11.8 Å². The Morgan fingerprint density at radius 3 is 2.81 bits per heavy atom. The zero-order chi connectivity index (χ0) is 19.1. The van der Waals surface area contributed by atoms with Gasteiger partial charge in [0, 0.05) is 38.2 Å². The van der Waals surface area contributed by atoms with Crippen LogP contribution in [0.2, 0.25) is 0 Å². The summed E-state index contributed by atoms with van der Waals surface area (Å²) in [7, 11) is 0. The molecule has 2 unspecified atom stereocenters. The lowest BCUT2D eigenvalue weighted by atomic mass is 10.0. The molecule has 0 saturated carbocycles. The van der Waals surface area contributed by atoms with Gasteiger partial charge in [0.25, 0.3) is 5.91 Å². The summed E-state index contributed by atoms with van der Waals surface area (Å²) in [6, 6.07) is 3.04. The summed E-state index contributed by atoms with van der Waals surface area (Å²) in [5, 5.41) is 2.80. The van der Waals surface area contributed by atoms with E-state index in [1.807, 2.05) is 0 Å². The number of amides is 2. The van der Waals surface area contributed by atoms with E-state index in [9.17, 15) is 18.4 Å². The third-order valence-corrected chi connectivity index (χ3v) is 4.37. The number of halogens is 2. The first-order valence-corrected chi connectivity index (χ1v) is 8.81. The predicted octanol–water partition coefficient (Wildman–Crippen LogP) is 1.58. The van der Waals surface area contributed by atoms with Crippen molar-refractivity contribution in [3.05, 3.63) is 29.8 Å². The van der Waals surface area contributed by atoms with E-state index in [1.165, 1.54) is 6.07 Å². The van der Waals surface area contributed by atoms with Gasteiger partial charge in [0.1, 0.15) is 5.75 Å². The molecule has 6 nitrogen and oxygen atoms in total. The molecule has 2 atom stereocenters. The number of rotatable bonds is 7. The normalized spacial score (nSPS) is 18.3. The smallest absolute Gasteiger partial charge is 0.263 e. The van der Waals surface area contributed by atoms with E-state index in [0.29, 0.717) is 13.1 Å². The van der Waals surface area contributed by atoms with Crippen LogP contribution in [0, 0.1) is 11.6 Å². The van der Waals surface area contributed by atoms with Gasteiger partial charge in [0.05, 0.1) is 0 Å². The minimum atomic E-state index is -1.03. The number of carbonyl (C=O) groups excluding carboxylic acids is 2. The summed E-state index contributed by atoms with van der Waals surface area (Å²) in [6.07, 6.45) is 2.03. The molecule has 1 saturated heterocycles. The van der Waals surface area contributed by atoms with Gasteiger partial charge in [-0.2, -0.15) is 0 Å². The van der Waals surface area contributed by atoms with Crippen molar-refractivity contribution in [2.45, 2.75) is 44.8 Å². The van der Waals surface area contributed by atoms with E-state index in [0.717, 1.165) is 31.4 Å². The fraction of sp³-hybridized carbons (Fsp3) is 0.556. The highest BCUT2D eigenvalue weighted by Crippen LogP contribution is 2.21. The van der Waals surface area contributed by atoms with Crippen LogP contribution >= 0.6 is 0 Å². The highest BCUT2D eigenvalue weighted by atomic mass is 19.2. The molecule has 1 heterocycles. The molecule has 26 heavy (non-hydrogen) atoms. The molecule has 8 heteroatoms. The summed E-state index contributed by atoms with van der Waals surface area (Å²) in [4.78, 5) is 26.0. The number of ether oxygens (including phenoxy) is 1. The van der Waals surface area contributed by atoms with Crippen LogP contribution in [0.25, 0.3) is 0 Å². The maximum Gasteiger partial charge on any atom is 0.263 e. The second-order valence-electron chi connectivity index (χ2n) is 6.36. The molecule has 2 rings (SSSR count). The Bertz CT molecular complexity index is 642. The Labute approximate surface area is 151 Å². The Morgan fingerprint density at radius 1 is 1.35 bits per heavy atom. The maximum absolute atomic E-state index is 13.3. The molecule has 0 aromatic heterocycles. The predicted molar refractivity (Wildman–Crippen MR) is 92.5 cm³/mol. The topological polar surface area (TPSA) is 84.7 Å². The van der Waals surface area contributed by atoms with E-state index in [2.05, 4.69) is 5.32 Å². The van der Waals surface area contributed by atoms with Gasteiger partial charge in [-0.3, -0.25) is 9.59 Å². The number of piperidine rings is 1. The molecule has 0 bridgehead atoms. The van der Waals surface area contributed by atoms with Gasteiger partial charge in [-0.15, -0.1) is 0 Å². The van der Waals surface area contributed by atoms with Crippen LogP contribution in [-0.2, 0) is 9.59 Å². The number of nitrogens with zero attached hydrogens (tertiary/aromatic N) is 1. The first-order chi connectivity index (χ1) is 12.4. The molecule has 144 valence electrons. The molecular formula is C18H25F2N3O3. The van der Waals surface area contributed by atoms with Crippen molar-refractivity contribution in [1.82, 2.24) is 10.2 Å². The number of nitrogens with one attached hydrogen (secondary N) is 1. The summed E-state index contributed by atoms with van der Waals surface area (Å²) in [5.41, 5.74) is 5.35. The van der Waals surface area contributed by atoms with Crippen molar-refractivity contribution >= 4 is 11.8 Å². The number of nitrogens with two attached hydrogens (primary N) is 1. The standard InChI is InChI=1S/C18H25F2N3O3/c1-12(26-14-5-6-15(19)16(20)10-14)18(25)23-9-3-2-4-13(23)11-22-17(24)7-8-21/h5-6,10,12-13H,2-4,7-9,11,21H2,1H3,(H,22,24). The van der Waals surface area contributed by atoms with Gasteiger partial charge in [-0.25, -0.2) is 8.78 Å². The van der Waals surface area contributed by atoms with Gasteiger partial charge in [0.2, 0.25) is 5.91 Å². The first kappa shape index (κ1) is 20.1. The monoisotopic (exact) mass is 369 g/mol. The third-order valence-electron chi connectivity index (χ3n) is 4.37. The summed E-state index contributed by atoms with van der Waals surface area (Å²) < 4.78 is 31.8. The van der Waals surface area contributed by atoms with Crippen molar-refractivity contribution < 1.29 is 23.1 Å². The number of hydrogen-bond donors (Lipinski definition) is 2. The number of likely N-dealkylation sites (tertiary alicyclic amines) is 1. The van der Waals surface area contributed by atoms with Crippen molar-refractivity contribution in [2.24, 2.45) is 5.73 Å². The summed E-state index contributed by atoms with van der Waals surface area (Å²) in [5.74, 6) is -2.29. The largest absolute Gasteiger partial charge is 0.481 e.